The molecule has 2 nitrogen and oxygen atoms in total. The molecule has 0 heterocycles. The molecule has 0 aliphatic heterocycles. The molecule has 76 valence electrons. The van der Waals surface area contributed by atoms with Crippen molar-refractivity contribution in [2.45, 2.75) is 57.0 Å². The highest BCUT2D eigenvalue weighted by Gasteiger charge is 2.31. The van der Waals surface area contributed by atoms with Crippen LogP contribution < -0.4 is 5.73 Å². The number of rotatable bonds is 4. The number of hydrogen-bond donors (Lipinski definition) is 1. The van der Waals surface area contributed by atoms with Crippen LogP contribution in [0.25, 0.3) is 0 Å². The highest BCUT2D eigenvalue weighted by Crippen LogP contribution is 2.31. The van der Waals surface area contributed by atoms with Gasteiger partial charge in [-0.2, -0.15) is 0 Å². The number of nitrogens with two attached hydrogens (primary N) is 1. The van der Waals surface area contributed by atoms with E-state index in [4.69, 9.17) is 5.73 Å². The Labute approximate surface area is 81.5 Å². The summed E-state index contributed by atoms with van der Waals surface area (Å²) in [7, 11) is 0. The van der Waals surface area contributed by atoms with Crippen LogP contribution in [-0.2, 0) is 0 Å². The van der Waals surface area contributed by atoms with Crippen LogP contribution in [0.5, 0.6) is 0 Å². The molecule has 0 aromatic heterocycles. The Morgan fingerprint density at radius 2 is 1.46 bits per heavy atom. The molecule has 0 amide bonds. The first-order chi connectivity index (χ1) is 6.42. The molecule has 0 bridgehead atoms. The van der Waals surface area contributed by atoms with Crippen LogP contribution >= 0.6 is 0 Å². The molecule has 0 aromatic rings. The summed E-state index contributed by atoms with van der Waals surface area (Å²) in [5.74, 6) is 0. The van der Waals surface area contributed by atoms with E-state index in [9.17, 15) is 0 Å². The molecular formula is C11H22N2. The van der Waals surface area contributed by atoms with Crippen molar-refractivity contribution >= 4 is 0 Å². The summed E-state index contributed by atoms with van der Waals surface area (Å²) in [5.41, 5.74) is 5.67. The zero-order valence-corrected chi connectivity index (χ0v) is 8.54. The molecule has 2 aliphatic carbocycles. The van der Waals surface area contributed by atoms with Gasteiger partial charge in [0, 0.05) is 25.2 Å². The van der Waals surface area contributed by atoms with Crippen molar-refractivity contribution in [3.8, 4) is 0 Å². The van der Waals surface area contributed by atoms with Crippen LogP contribution in [-0.4, -0.2) is 30.1 Å². The van der Waals surface area contributed by atoms with Gasteiger partial charge in [-0.15, -0.1) is 0 Å². The summed E-state index contributed by atoms with van der Waals surface area (Å²) >= 11 is 0. The molecule has 0 unspecified atom stereocenters. The molecule has 0 saturated heterocycles. The van der Waals surface area contributed by atoms with Crippen LogP contribution in [0.3, 0.4) is 0 Å². The van der Waals surface area contributed by atoms with Crippen LogP contribution in [0.4, 0.5) is 0 Å². The zero-order chi connectivity index (χ0) is 9.10. The van der Waals surface area contributed by atoms with Gasteiger partial charge >= 0.3 is 0 Å². The Bertz CT molecular complexity index is 148. The third-order valence-corrected chi connectivity index (χ3v) is 3.72. The van der Waals surface area contributed by atoms with Gasteiger partial charge in [-0.25, -0.2) is 0 Å². The van der Waals surface area contributed by atoms with Crippen molar-refractivity contribution in [1.82, 2.24) is 4.90 Å². The molecule has 0 spiro atoms. The van der Waals surface area contributed by atoms with Gasteiger partial charge in [0.1, 0.15) is 0 Å². The van der Waals surface area contributed by atoms with Gasteiger partial charge in [-0.1, -0.05) is 19.3 Å². The Morgan fingerprint density at radius 1 is 0.923 bits per heavy atom. The third-order valence-electron chi connectivity index (χ3n) is 3.72. The summed E-state index contributed by atoms with van der Waals surface area (Å²) < 4.78 is 0. The van der Waals surface area contributed by atoms with Gasteiger partial charge in [0.2, 0.25) is 0 Å². The molecule has 0 aromatic carbocycles. The lowest BCUT2D eigenvalue weighted by Crippen LogP contribution is -2.47. The second-order valence-corrected chi connectivity index (χ2v) is 4.55. The maximum atomic E-state index is 5.67. The van der Waals surface area contributed by atoms with E-state index < -0.39 is 0 Å². The van der Waals surface area contributed by atoms with Crippen LogP contribution in [0.2, 0.25) is 0 Å². The Balaban J connectivity index is 1.86. The first-order valence-corrected chi connectivity index (χ1v) is 5.87. The summed E-state index contributed by atoms with van der Waals surface area (Å²) in [6.07, 6.45) is 10.0. The van der Waals surface area contributed by atoms with Crippen molar-refractivity contribution in [3.63, 3.8) is 0 Å². The molecule has 13 heavy (non-hydrogen) atoms. The second kappa shape index (κ2) is 4.43. The van der Waals surface area contributed by atoms with E-state index in [1.54, 1.807) is 0 Å². The molecule has 0 radical (unpaired) electrons. The van der Waals surface area contributed by atoms with Crippen molar-refractivity contribution in [1.29, 1.82) is 0 Å². The average molecular weight is 182 g/mol. The number of nitrogens with zero attached hydrogens (tertiary/aromatic N) is 1. The quantitative estimate of drug-likeness (QED) is 0.717. The van der Waals surface area contributed by atoms with E-state index in [1.165, 1.54) is 44.9 Å². The van der Waals surface area contributed by atoms with Gasteiger partial charge in [-0.3, -0.25) is 4.90 Å². The highest BCUT2D eigenvalue weighted by atomic mass is 15.2. The first-order valence-electron chi connectivity index (χ1n) is 5.87. The van der Waals surface area contributed by atoms with Crippen LogP contribution in [0.1, 0.15) is 44.9 Å². The molecule has 2 saturated carbocycles. The fraction of sp³-hybridized carbons (Fsp3) is 1.00. The predicted molar refractivity (Wildman–Crippen MR) is 55.7 cm³/mol. The maximum absolute atomic E-state index is 5.67. The first kappa shape index (κ1) is 9.47. The monoisotopic (exact) mass is 182 g/mol. The average Bonchev–Trinajstić information content (AvgIpc) is 2.51. The van der Waals surface area contributed by atoms with Gasteiger partial charge in [0.25, 0.3) is 0 Å². The Kier molecular flexibility index (Phi) is 3.23. The van der Waals surface area contributed by atoms with E-state index in [0.29, 0.717) is 0 Å². The number of hydrogen-bond acceptors (Lipinski definition) is 2. The normalized spacial score (nSPS) is 25.4. The third kappa shape index (κ3) is 2.05. The lowest BCUT2D eigenvalue weighted by molar-refractivity contribution is 0.0849. The maximum Gasteiger partial charge on any atom is 0.0110 e. The lowest BCUT2D eigenvalue weighted by atomic mass is 9.90. The summed E-state index contributed by atoms with van der Waals surface area (Å²) in [6, 6.07) is 1.78. The smallest absolute Gasteiger partial charge is 0.0110 e. The molecule has 2 aliphatic rings. The molecule has 0 atom stereocenters. The van der Waals surface area contributed by atoms with Gasteiger partial charge in [-0.05, 0) is 25.7 Å². The molecular weight excluding hydrogens is 160 g/mol. The molecule has 2 N–H and O–H groups in total. The zero-order valence-electron chi connectivity index (χ0n) is 8.54. The van der Waals surface area contributed by atoms with Gasteiger partial charge in [0.05, 0.1) is 0 Å². The summed E-state index contributed by atoms with van der Waals surface area (Å²) in [5, 5.41) is 0. The van der Waals surface area contributed by atoms with Gasteiger partial charge < -0.3 is 5.73 Å². The predicted octanol–water partition coefficient (Wildman–Crippen LogP) is 1.74. The van der Waals surface area contributed by atoms with Crippen molar-refractivity contribution < 1.29 is 0 Å². The minimum atomic E-state index is 0.840. The van der Waals surface area contributed by atoms with Crippen molar-refractivity contribution in [2.75, 3.05) is 13.1 Å². The molecule has 2 heteroatoms. The minimum absolute atomic E-state index is 0.840. The summed E-state index contributed by atoms with van der Waals surface area (Å²) in [6.45, 7) is 1.97. The fourth-order valence-corrected chi connectivity index (χ4v) is 2.77. The summed E-state index contributed by atoms with van der Waals surface area (Å²) in [4.78, 5) is 2.70. The fourth-order valence-electron chi connectivity index (χ4n) is 2.77. The Hall–Kier alpha value is -0.0800. The van der Waals surface area contributed by atoms with Gasteiger partial charge in [0.15, 0.2) is 0 Å². The van der Waals surface area contributed by atoms with Crippen molar-refractivity contribution in [2.24, 2.45) is 5.73 Å². The lowest BCUT2D eigenvalue weighted by Gasteiger charge is -2.41. The topological polar surface area (TPSA) is 29.3 Å². The van der Waals surface area contributed by atoms with E-state index in [-0.39, 0.29) is 0 Å². The molecule has 2 rings (SSSR count). The van der Waals surface area contributed by atoms with E-state index in [1.807, 2.05) is 0 Å². The highest BCUT2D eigenvalue weighted by molar-refractivity contribution is 4.87. The Morgan fingerprint density at radius 3 is 1.85 bits per heavy atom. The minimum Gasteiger partial charge on any atom is -0.329 e. The standard InChI is InChI=1S/C11H22N2/c12-8-9-13(11-6-3-7-11)10-4-1-2-5-10/h10-11H,1-9,12H2. The largest absolute Gasteiger partial charge is 0.329 e. The van der Waals surface area contributed by atoms with E-state index in [2.05, 4.69) is 4.90 Å². The van der Waals surface area contributed by atoms with Crippen LogP contribution in [0, 0.1) is 0 Å². The SMILES string of the molecule is NCCN(C1CCCC1)C1CCC1. The van der Waals surface area contributed by atoms with E-state index in [0.717, 1.165) is 25.2 Å². The van der Waals surface area contributed by atoms with Crippen molar-refractivity contribution in [3.05, 3.63) is 0 Å². The van der Waals surface area contributed by atoms with Crippen LogP contribution in [0.15, 0.2) is 0 Å². The second-order valence-electron chi connectivity index (χ2n) is 4.55. The molecule has 2 fully saturated rings. The van der Waals surface area contributed by atoms with E-state index >= 15 is 0 Å².